The maximum absolute atomic E-state index is 11.9. The molecule has 16 heavy (non-hydrogen) atoms. The molecule has 0 unspecified atom stereocenters. The zero-order valence-electron chi connectivity index (χ0n) is 9.47. The molecule has 0 bridgehead atoms. The van der Waals surface area contributed by atoms with Crippen LogP contribution in [0.2, 0.25) is 0 Å². The smallest absolute Gasteiger partial charge is 0.162 e. The first-order valence-corrected chi connectivity index (χ1v) is 7.14. The lowest BCUT2D eigenvalue weighted by atomic mass is 9.89. The van der Waals surface area contributed by atoms with Gasteiger partial charge in [-0.25, -0.2) is 0 Å². The molecule has 0 spiro atoms. The van der Waals surface area contributed by atoms with Crippen LogP contribution in [0.1, 0.15) is 47.2 Å². The van der Waals surface area contributed by atoms with E-state index >= 15 is 0 Å². The third kappa shape index (κ3) is 2.73. The average Bonchev–Trinajstić information content (AvgIpc) is 2.35. The van der Waals surface area contributed by atoms with E-state index in [0.717, 1.165) is 23.7 Å². The third-order valence-electron chi connectivity index (χ3n) is 3.21. The molecule has 2 heteroatoms. The largest absolute Gasteiger partial charge is 0.294 e. The number of alkyl halides is 1. The summed E-state index contributed by atoms with van der Waals surface area (Å²) in [6.45, 7) is 0. The molecule has 0 amide bonds. The second kappa shape index (κ2) is 5.62. The van der Waals surface area contributed by atoms with Crippen molar-refractivity contribution in [1.29, 1.82) is 0 Å². The first-order valence-electron chi connectivity index (χ1n) is 6.02. The fraction of sp³-hybridized carbons (Fsp3) is 0.500. The molecular formula is C14H17BrO. The molecule has 0 heterocycles. The quantitative estimate of drug-likeness (QED) is 0.604. The summed E-state index contributed by atoms with van der Waals surface area (Å²) in [5, 5.41) is 0.906. The van der Waals surface area contributed by atoms with Gasteiger partial charge in [-0.15, -0.1) is 0 Å². The van der Waals surface area contributed by atoms with Crippen molar-refractivity contribution in [3.8, 4) is 0 Å². The summed E-state index contributed by atoms with van der Waals surface area (Å²) in [5.74, 6) is 0.285. The van der Waals surface area contributed by atoms with Crippen LogP contribution in [0.3, 0.4) is 0 Å². The lowest BCUT2D eigenvalue weighted by molar-refractivity contribution is 0.0982. The van der Waals surface area contributed by atoms with Crippen molar-refractivity contribution in [1.82, 2.24) is 0 Å². The monoisotopic (exact) mass is 280 g/mol. The van der Waals surface area contributed by atoms with Crippen molar-refractivity contribution in [2.24, 2.45) is 0 Å². The van der Waals surface area contributed by atoms with Crippen LogP contribution in [0, 0.1) is 0 Å². The number of Topliss-reactive ketones (excluding diaryl/α,β-unsaturated/α-hetero) is 1. The lowest BCUT2D eigenvalue weighted by Crippen LogP contribution is -2.06. The molecule has 1 aromatic rings. The molecule has 0 N–H and O–H groups in total. The van der Waals surface area contributed by atoms with E-state index < -0.39 is 0 Å². The molecule has 2 rings (SSSR count). The average molecular weight is 281 g/mol. The number of halogens is 1. The van der Waals surface area contributed by atoms with E-state index in [4.69, 9.17) is 0 Å². The number of benzene rings is 1. The number of carbonyl (C=O) groups is 1. The van der Waals surface area contributed by atoms with Crippen LogP contribution >= 0.6 is 15.9 Å². The van der Waals surface area contributed by atoms with Gasteiger partial charge < -0.3 is 0 Å². The summed E-state index contributed by atoms with van der Waals surface area (Å²) >= 11 is 3.36. The molecular weight excluding hydrogens is 264 g/mol. The third-order valence-corrected chi connectivity index (χ3v) is 3.77. The molecule has 86 valence electrons. The van der Waals surface area contributed by atoms with Gasteiger partial charge >= 0.3 is 0 Å². The van der Waals surface area contributed by atoms with Gasteiger partial charge in [-0.2, -0.15) is 0 Å². The van der Waals surface area contributed by atoms with Gasteiger partial charge in [0.1, 0.15) is 0 Å². The minimum absolute atomic E-state index is 0.285. The minimum atomic E-state index is 0.285. The van der Waals surface area contributed by atoms with Crippen LogP contribution in [-0.4, -0.2) is 11.1 Å². The summed E-state index contributed by atoms with van der Waals surface area (Å²) in [5.41, 5.74) is 3.75. The molecule has 0 aliphatic heterocycles. The molecule has 1 nitrogen and oxygen atoms in total. The maximum atomic E-state index is 11.9. The van der Waals surface area contributed by atoms with E-state index in [1.54, 1.807) is 0 Å². The highest BCUT2D eigenvalue weighted by Gasteiger charge is 2.12. The summed E-state index contributed by atoms with van der Waals surface area (Å²) in [7, 11) is 0. The van der Waals surface area contributed by atoms with Crippen LogP contribution in [0.15, 0.2) is 18.2 Å². The number of hydrogen-bond donors (Lipinski definition) is 0. The van der Waals surface area contributed by atoms with Crippen molar-refractivity contribution < 1.29 is 4.79 Å². The lowest BCUT2D eigenvalue weighted by Gasteiger charge is -2.16. The van der Waals surface area contributed by atoms with Gasteiger partial charge in [-0.3, -0.25) is 4.79 Å². The van der Waals surface area contributed by atoms with Gasteiger partial charge in [0.25, 0.3) is 0 Å². The summed E-state index contributed by atoms with van der Waals surface area (Å²) in [4.78, 5) is 11.9. The zero-order chi connectivity index (χ0) is 11.4. The van der Waals surface area contributed by atoms with Crippen LogP contribution in [-0.2, 0) is 12.8 Å². The highest BCUT2D eigenvalue weighted by atomic mass is 79.9. The molecule has 0 radical (unpaired) electrons. The number of rotatable bonds is 4. The number of carbonyl (C=O) groups excluding carboxylic acids is 1. The molecule has 0 fully saturated rings. The first-order chi connectivity index (χ1) is 7.81. The molecule has 0 aromatic heterocycles. The van der Waals surface area contributed by atoms with Gasteiger partial charge in [0.15, 0.2) is 5.78 Å². The fourth-order valence-electron chi connectivity index (χ4n) is 2.28. The van der Waals surface area contributed by atoms with E-state index in [1.165, 1.54) is 30.4 Å². The Morgan fingerprint density at radius 1 is 1.19 bits per heavy atom. The second-order valence-corrected chi connectivity index (χ2v) is 5.20. The molecule has 1 aliphatic carbocycles. The van der Waals surface area contributed by atoms with E-state index in [9.17, 15) is 4.79 Å². The number of ketones is 1. The van der Waals surface area contributed by atoms with Crippen molar-refractivity contribution in [3.63, 3.8) is 0 Å². The maximum Gasteiger partial charge on any atom is 0.162 e. The Morgan fingerprint density at radius 2 is 1.94 bits per heavy atom. The highest BCUT2D eigenvalue weighted by Crippen LogP contribution is 2.22. The predicted octanol–water partition coefficient (Wildman–Crippen LogP) is 3.92. The zero-order valence-corrected chi connectivity index (χ0v) is 11.1. The number of aryl methyl sites for hydroxylation is 2. The Bertz CT molecular complexity index is 384. The van der Waals surface area contributed by atoms with Crippen molar-refractivity contribution in [2.75, 3.05) is 5.33 Å². The Hall–Kier alpha value is -0.630. The van der Waals surface area contributed by atoms with Gasteiger partial charge in [0.05, 0.1) is 0 Å². The molecule has 0 saturated carbocycles. The van der Waals surface area contributed by atoms with Crippen molar-refractivity contribution >= 4 is 21.7 Å². The standard InChI is InChI=1S/C14H17BrO/c15-9-3-6-14(16)13-8-7-11-4-1-2-5-12(11)10-13/h7-8,10H,1-6,9H2. The predicted molar refractivity (Wildman–Crippen MR) is 70.4 cm³/mol. The Balaban J connectivity index is 2.13. The van der Waals surface area contributed by atoms with Gasteiger partial charge in [-0.1, -0.05) is 28.1 Å². The van der Waals surface area contributed by atoms with Crippen molar-refractivity contribution in [3.05, 3.63) is 34.9 Å². The van der Waals surface area contributed by atoms with Crippen LogP contribution < -0.4 is 0 Å². The molecule has 1 aromatic carbocycles. The SMILES string of the molecule is O=C(CCCBr)c1ccc2c(c1)CCCC2. The van der Waals surface area contributed by atoms with E-state index in [1.807, 2.05) is 6.07 Å². The Morgan fingerprint density at radius 3 is 2.69 bits per heavy atom. The minimum Gasteiger partial charge on any atom is -0.294 e. The molecule has 0 atom stereocenters. The van der Waals surface area contributed by atoms with Crippen LogP contribution in [0.4, 0.5) is 0 Å². The second-order valence-electron chi connectivity index (χ2n) is 4.41. The topological polar surface area (TPSA) is 17.1 Å². The van der Waals surface area contributed by atoms with Gasteiger partial charge in [0.2, 0.25) is 0 Å². The number of hydrogen-bond acceptors (Lipinski definition) is 1. The van der Waals surface area contributed by atoms with Crippen LogP contribution in [0.25, 0.3) is 0 Å². The van der Waals surface area contributed by atoms with Crippen LogP contribution in [0.5, 0.6) is 0 Å². The van der Waals surface area contributed by atoms with Gasteiger partial charge in [-0.05, 0) is 49.3 Å². The summed E-state index contributed by atoms with van der Waals surface area (Å²) < 4.78 is 0. The first kappa shape index (κ1) is 11.8. The van der Waals surface area contributed by atoms with Crippen molar-refractivity contribution in [2.45, 2.75) is 38.5 Å². The van der Waals surface area contributed by atoms with E-state index in [-0.39, 0.29) is 5.78 Å². The highest BCUT2D eigenvalue weighted by molar-refractivity contribution is 9.09. The summed E-state index contributed by atoms with van der Waals surface area (Å²) in [6, 6.07) is 6.27. The Labute approximate surface area is 105 Å². The van der Waals surface area contributed by atoms with E-state index in [0.29, 0.717) is 6.42 Å². The molecule has 0 saturated heterocycles. The molecule has 1 aliphatic rings. The van der Waals surface area contributed by atoms with E-state index in [2.05, 4.69) is 28.1 Å². The summed E-state index contributed by atoms with van der Waals surface area (Å²) in [6.07, 6.45) is 6.48. The van der Waals surface area contributed by atoms with Gasteiger partial charge in [0, 0.05) is 17.3 Å². The Kier molecular flexibility index (Phi) is 4.16. The number of fused-ring (bicyclic) bond motifs is 1. The normalized spacial score (nSPS) is 14.6. The fourth-order valence-corrected chi connectivity index (χ4v) is 2.56.